The SMILES string of the molecule is CCOc1cc(/C=N/NC(=O)c2ccc(-n3c(C)ccc3-c3ccccc3)cc2)cc(Cl)c1OCc1ccc(C(=O)O)cc1. The van der Waals surface area contributed by atoms with Gasteiger partial charge in [0.15, 0.2) is 11.5 Å². The average Bonchev–Trinajstić information content (AvgIpc) is 3.42. The zero-order valence-electron chi connectivity index (χ0n) is 24.2. The van der Waals surface area contributed by atoms with E-state index >= 15 is 0 Å². The van der Waals surface area contributed by atoms with Crippen LogP contribution in [0, 0.1) is 6.92 Å². The van der Waals surface area contributed by atoms with Gasteiger partial charge >= 0.3 is 5.97 Å². The van der Waals surface area contributed by atoms with Crippen molar-refractivity contribution in [1.82, 2.24) is 9.99 Å². The van der Waals surface area contributed by atoms with Crippen molar-refractivity contribution in [2.45, 2.75) is 20.5 Å². The van der Waals surface area contributed by atoms with Crippen LogP contribution >= 0.6 is 11.6 Å². The number of hydrogen-bond donors (Lipinski definition) is 2. The molecule has 0 atom stereocenters. The van der Waals surface area contributed by atoms with Gasteiger partial charge in [0.1, 0.15) is 6.61 Å². The first-order valence-corrected chi connectivity index (χ1v) is 14.3. The van der Waals surface area contributed by atoms with Gasteiger partial charge in [-0.2, -0.15) is 5.10 Å². The molecule has 5 aromatic rings. The number of amides is 1. The van der Waals surface area contributed by atoms with E-state index in [1.807, 2.05) is 44.2 Å². The maximum absolute atomic E-state index is 12.8. The second-order valence-corrected chi connectivity index (χ2v) is 10.3. The Kier molecular flexibility index (Phi) is 9.42. The van der Waals surface area contributed by atoms with E-state index < -0.39 is 5.97 Å². The predicted molar refractivity (Wildman–Crippen MR) is 171 cm³/mol. The van der Waals surface area contributed by atoms with E-state index in [9.17, 15) is 9.59 Å². The van der Waals surface area contributed by atoms with Crippen LogP contribution in [0.5, 0.6) is 11.5 Å². The van der Waals surface area contributed by atoms with Gasteiger partial charge in [-0.15, -0.1) is 0 Å². The fourth-order valence-corrected chi connectivity index (χ4v) is 4.95. The highest BCUT2D eigenvalue weighted by Crippen LogP contribution is 2.37. The number of hydrazone groups is 1. The third-order valence-corrected chi connectivity index (χ3v) is 7.11. The van der Waals surface area contributed by atoms with E-state index in [0.29, 0.717) is 34.3 Å². The van der Waals surface area contributed by atoms with Crippen molar-refractivity contribution in [3.8, 4) is 28.4 Å². The third kappa shape index (κ3) is 6.99. The van der Waals surface area contributed by atoms with E-state index in [-0.39, 0.29) is 18.1 Å². The maximum Gasteiger partial charge on any atom is 0.335 e. The summed E-state index contributed by atoms with van der Waals surface area (Å²) in [6.07, 6.45) is 1.48. The Morgan fingerprint density at radius 1 is 0.909 bits per heavy atom. The Morgan fingerprint density at radius 2 is 1.61 bits per heavy atom. The molecule has 1 aromatic heterocycles. The van der Waals surface area contributed by atoms with Crippen molar-refractivity contribution in [2.24, 2.45) is 5.10 Å². The monoisotopic (exact) mass is 607 g/mol. The molecule has 8 nitrogen and oxygen atoms in total. The Morgan fingerprint density at radius 3 is 2.30 bits per heavy atom. The highest BCUT2D eigenvalue weighted by molar-refractivity contribution is 6.32. The molecule has 0 aliphatic rings. The Hall–Kier alpha value is -5.34. The van der Waals surface area contributed by atoms with Crippen LogP contribution in [0.3, 0.4) is 0 Å². The first-order valence-electron chi connectivity index (χ1n) is 13.9. The van der Waals surface area contributed by atoms with Crippen molar-refractivity contribution in [2.75, 3.05) is 6.61 Å². The molecular formula is C35H30ClN3O5. The largest absolute Gasteiger partial charge is 0.490 e. The molecule has 44 heavy (non-hydrogen) atoms. The van der Waals surface area contributed by atoms with Gasteiger partial charge in [0, 0.05) is 16.9 Å². The molecule has 0 bridgehead atoms. The summed E-state index contributed by atoms with van der Waals surface area (Å²) in [6.45, 7) is 4.43. The maximum atomic E-state index is 12.8. The second-order valence-electron chi connectivity index (χ2n) is 9.86. The molecule has 0 fully saturated rings. The Labute approximate surface area is 260 Å². The quantitative estimate of drug-likeness (QED) is 0.119. The first kappa shape index (κ1) is 30.1. The summed E-state index contributed by atoms with van der Waals surface area (Å²) in [5.41, 5.74) is 8.80. The van der Waals surface area contributed by atoms with Crippen LogP contribution in [-0.2, 0) is 6.61 Å². The fourth-order valence-electron chi connectivity index (χ4n) is 4.67. The molecule has 1 heterocycles. The van der Waals surface area contributed by atoms with Gasteiger partial charge in [-0.25, -0.2) is 10.2 Å². The van der Waals surface area contributed by atoms with Crippen LogP contribution in [0.25, 0.3) is 16.9 Å². The highest BCUT2D eigenvalue weighted by atomic mass is 35.5. The van der Waals surface area contributed by atoms with Crippen molar-refractivity contribution < 1.29 is 24.2 Å². The topological polar surface area (TPSA) is 102 Å². The molecule has 0 aliphatic heterocycles. The van der Waals surface area contributed by atoms with Crippen molar-refractivity contribution in [3.63, 3.8) is 0 Å². The summed E-state index contributed by atoms with van der Waals surface area (Å²) < 4.78 is 13.8. The second kappa shape index (κ2) is 13.8. The van der Waals surface area contributed by atoms with Crippen LogP contribution in [0.15, 0.2) is 108 Å². The molecule has 0 aliphatic carbocycles. The fraction of sp³-hybridized carbons (Fsp3) is 0.114. The molecule has 5 rings (SSSR count). The molecule has 9 heteroatoms. The summed E-state index contributed by atoms with van der Waals surface area (Å²) in [5.74, 6) is -0.581. The number of carboxylic acids is 1. The molecule has 0 unspecified atom stereocenters. The van der Waals surface area contributed by atoms with E-state index in [1.54, 1.807) is 36.4 Å². The number of aryl methyl sites for hydroxylation is 1. The van der Waals surface area contributed by atoms with Crippen LogP contribution in [0.1, 0.15) is 44.5 Å². The number of nitrogens with zero attached hydrogens (tertiary/aromatic N) is 2. The standard InChI is InChI=1S/C35H30ClN3O5/c1-3-43-32-20-25(19-30(36)33(32)44-22-24-10-12-28(13-11-24)35(41)42)21-37-38-34(40)27-14-16-29(17-15-27)39-23(2)9-18-31(39)26-7-5-4-6-8-26/h4-21H,3,22H2,1-2H3,(H,38,40)(H,41,42)/b37-21+. The first-order chi connectivity index (χ1) is 21.3. The molecule has 4 aromatic carbocycles. The lowest BCUT2D eigenvalue weighted by molar-refractivity contribution is 0.0696. The molecule has 0 saturated heterocycles. The molecule has 0 spiro atoms. The average molecular weight is 608 g/mol. The Bertz CT molecular complexity index is 1800. The van der Waals surface area contributed by atoms with Gasteiger partial charge in [-0.3, -0.25) is 4.79 Å². The van der Waals surface area contributed by atoms with E-state index in [1.165, 1.54) is 18.3 Å². The van der Waals surface area contributed by atoms with Gasteiger partial charge in [-0.05, 0) is 91.2 Å². The number of nitrogens with one attached hydrogen (secondary N) is 1. The van der Waals surface area contributed by atoms with Crippen molar-refractivity contribution in [3.05, 3.63) is 136 Å². The number of ether oxygens (including phenoxy) is 2. The summed E-state index contributed by atoms with van der Waals surface area (Å²) in [4.78, 5) is 23.9. The zero-order chi connectivity index (χ0) is 31.1. The van der Waals surface area contributed by atoms with Gasteiger partial charge in [0.05, 0.1) is 29.1 Å². The van der Waals surface area contributed by atoms with Gasteiger partial charge in [-0.1, -0.05) is 54.1 Å². The summed E-state index contributed by atoms with van der Waals surface area (Å²) in [7, 11) is 0. The summed E-state index contributed by atoms with van der Waals surface area (Å²) >= 11 is 6.53. The predicted octanol–water partition coefficient (Wildman–Crippen LogP) is 7.55. The van der Waals surface area contributed by atoms with Gasteiger partial charge < -0.3 is 19.1 Å². The van der Waals surface area contributed by atoms with Crippen LogP contribution in [-0.4, -0.2) is 34.4 Å². The minimum atomic E-state index is -0.994. The summed E-state index contributed by atoms with van der Waals surface area (Å²) in [5, 5.41) is 13.5. The lowest BCUT2D eigenvalue weighted by atomic mass is 10.1. The number of halogens is 1. The molecule has 0 saturated carbocycles. The number of aromatic carboxylic acids is 1. The van der Waals surface area contributed by atoms with Crippen molar-refractivity contribution in [1.29, 1.82) is 0 Å². The number of hydrogen-bond acceptors (Lipinski definition) is 5. The normalized spacial score (nSPS) is 11.0. The summed E-state index contributed by atoms with van der Waals surface area (Å²) in [6, 6.07) is 31.4. The number of carbonyl (C=O) groups is 2. The van der Waals surface area contributed by atoms with E-state index in [0.717, 1.165) is 28.2 Å². The lowest BCUT2D eigenvalue weighted by Crippen LogP contribution is -2.17. The third-order valence-electron chi connectivity index (χ3n) is 6.83. The van der Waals surface area contributed by atoms with E-state index in [4.69, 9.17) is 26.2 Å². The van der Waals surface area contributed by atoms with Crippen molar-refractivity contribution >= 4 is 29.7 Å². The minimum Gasteiger partial charge on any atom is -0.490 e. The molecule has 1 amide bonds. The minimum absolute atomic E-state index is 0.166. The van der Waals surface area contributed by atoms with Crippen LogP contribution in [0.4, 0.5) is 0 Å². The van der Waals surface area contributed by atoms with Gasteiger partial charge in [0.25, 0.3) is 5.91 Å². The van der Waals surface area contributed by atoms with E-state index in [2.05, 4.69) is 39.4 Å². The number of benzene rings is 4. The zero-order valence-corrected chi connectivity index (χ0v) is 24.9. The molecule has 0 radical (unpaired) electrons. The molecule has 2 N–H and O–H groups in total. The number of rotatable bonds is 11. The lowest BCUT2D eigenvalue weighted by Gasteiger charge is -2.14. The number of carboxylic acid groups (broad SMARTS) is 1. The smallest absolute Gasteiger partial charge is 0.335 e. The van der Waals surface area contributed by atoms with Crippen LogP contribution < -0.4 is 14.9 Å². The molecule has 222 valence electrons. The van der Waals surface area contributed by atoms with Crippen LogP contribution in [0.2, 0.25) is 5.02 Å². The number of carbonyl (C=O) groups excluding carboxylic acids is 1. The van der Waals surface area contributed by atoms with Gasteiger partial charge in [0.2, 0.25) is 0 Å². The highest BCUT2D eigenvalue weighted by Gasteiger charge is 2.14. The number of aromatic nitrogens is 1. The molecular weight excluding hydrogens is 578 g/mol. The Balaban J connectivity index is 1.25.